The largest absolute Gasteiger partial charge is 0.0763 e. The van der Waals surface area contributed by atoms with Gasteiger partial charge in [-0.2, -0.15) is 0 Å². The van der Waals surface area contributed by atoms with Crippen molar-refractivity contribution in [2.75, 3.05) is 0 Å². The molecule has 1 heteroatoms. The van der Waals surface area contributed by atoms with Gasteiger partial charge in [-0.05, 0) is 71.2 Å². The Morgan fingerprint density at radius 1 is 0.762 bits per heavy atom. The Kier molecular flexibility index (Phi) is 3.31. The van der Waals surface area contributed by atoms with Crippen LogP contribution in [0, 0.1) is 0 Å². The van der Waals surface area contributed by atoms with Crippen LogP contribution in [0.2, 0.25) is 0 Å². The topological polar surface area (TPSA) is 0 Å². The van der Waals surface area contributed by atoms with E-state index in [0.717, 1.165) is 25.7 Å². The second-order valence-electron chi connectivity index (χ2n) is 5.83. The summed E-state index contributed by atoms with van der Waals surface area (Å²) in [6, 6.07) is 15.5. The zero-order valence-electron chi connectivity index (χ0n) is 11.9. The van der Waals surface area contributed by atoms with Crippen molar-refractivity contribution in [3.63, 3.8) is 0 Å². The molecule has 0 aliphatic heterocycles. The standard InChI is InChI=1S/C20H17Br/c21-18-12-11-17-10-9-16(20(17)13-18)8-7-15-6-5-14-3-1-2-4-19(14)15/h1-4,6,9,11-13H,5,7-8,10H2. The molecule has 0 saturated heterocycles. The number of rotatable bonds is 3. The molecule has 0 fully saturated rings. The lowest BCUT2D eigenvalue weighted by Crippen LogP contribution is -1.88. The fraction of sp³-hybridized carbons (Fsp3) is 0.200. The molecule has 0 N–H and O–H groups in total. The molecule has 104 valence electrons. The number of benzene rings is 2. The number of hydrogen-bond donors (Lipinski definition) is 0. The summed E-state index contributed by atoms with van der Waals surface area (Å²) in [6.07, 6.45) is 9.29. The third kappa shape index (κ3) is 2.40. The SMILES string of the molecule is Brc1ccc2c(c1)C(CCC1=CCc3ccccc31)=CC2. The van der Waals surface area contributed by atoms with E-state index in [2.05, 4.69) is 70.5 Å². The van der Waals surface area contributed by atoms with E-state index < -0.39 is 0 Å². The first-order valence-corrected chi connectivity index (χ1v) is 8.36. The molecular formula is C20H17Br. The van der Waals surface area contributed by atoms with Gasteiger partial charge in [0.05, 0.1) is 0 Å². The summed E-state index contributed by atoms with van der Waals surface area (Å²) in [4.78, 5) is 0. The van der Waals surface area contributed by atoms with Crippen molar-refractivity contribution in [1.29, 1.82) is 0 Å². The Bertz CT molecular complexity index is 765. The van der Waals surface area contributed by atoms with Crippen molar-refractivity contribution in [3.05, 3.63) is 81.3 Å². The van der Waals surface area contributed by atoms with Crippen molar-refractivity contribution in [2.24, 2.45) is 0 Å². The van der Waals surface area contributed by atoms with Gasteiger partial charge in [0.25, 0.3) is 0 Å². The van der Waals surface area contributed by atoms with Gasteiger partial charge in [0.2, 0.25) is 0 Å². The van der Waals surface area contributed by atoms with Gasteiger partial charge < -0.3 is 0 Å². The van der Waals surface area contributed by atoms with Crippen molar-refractivity contribution in [2.45, 2.75) is 25.7 Å². The van der Waals surface area contributed by atoms with Gasteiger partial charge >= 0.3 is 0 Å². The van der Waals surface area contributed by atoms with Gasteiger partial charge in [0, 0.05) is 4.47 Å². The highest BCUT2D eigenvalue weighted by Gasteiger charge is 2.17. The number of hydrogen-bond acceptors (Lipinski definition) is 0. The summed E-state index contributed by atoms with van der Waals surface area (Å²) < 4.78 is 1.18. The summed E-state index contributed by atoms with van der Waals surface area (Å²) >= 11 is 3.59. The zero-order valence-corrected chi connectivity index (χ0v) is 13.5. The first-order valence-electron chi connectivity index (χ1n) is 7.56. The molecule has 2 aromatic rings. The maximum Gasteiger partial charge on any atom is 0.0181 e. The third-order valence-electron chi connectivity index (χ3n) is 4.58. The summed E-state index contributed by atoms with van der Waals surface area (Å²) in [5.74, 6) is 0. The highest BCUT2D eigenvalue weighted by Crippen LogP contribution is 2.37. The van der Waals surface area contributed by atoms with Crippen LogP contribution in [0.5, 0.6) is 0 Å². The van der Waals surface area contributed by atoms with E-state index in [4.69, 9.17) is 0 Å². The summed E-state index contributed by atoms with van der Waals surface area (Å²) in [6.45, 7) is 0. The van der Waals surface area contributed by atoms with Crippen LogP contribution in [0.4, 0.5) is 0 Å². The predicted octanol–water partition coefficient (Wildman–Crippen LogP) is 5.81. The van der Waals surface area contributed by atoms with E-state index in [1.165, 1.54) is 37.9 Å². The van der Waals surface area contributed by atoms with Crippen LogP contribution in [0.1, 0.15) is 35.1 Å². The first-order chi connectivity index (χ1) is 10.3. The normalized spacial score (nSPS) is 15.5. The van der Waals surface area contributed by atoms with Gasteiger partial charge in [-0.15, -0.1) is 0 Å². The average Bonchev–Trinajstić information content (AvgIpc) is 3.09. The second-order valence-corrected chi connectivity index (χ2v) is 6.74. The summed E-state index contributed by atoms with van der Waals surface area (Å²) in [5, 5.41) is 0. The molecular weight excluding hydrogens is 320 g/mol. The minimum Gasteiger partial charge on any atom is -0.0763 e. The van der Waals surface area contributed by atoms with Crippen LogP contribution < -0.4 is 0 Å². The highest BCUT2D eigenvalue weighted by atomic mass is 79.9. The van der Waals surface area contributed by atoms with Gasteiger partial charge in [-0.25, -0.2) is 0 Å². The average molecular weight is 337 g/mol. The van der Waals surface area contributed by atoms with E-state index in [1.807, 2.05) is 0 Å². The van der Waals surface area contributed by atoms with Crippen LogP contribution >= 0.6 is 15.9 Å². The molecule has 0 nitrogen and oxygen atoms in total. The van der Waals surface area contributed by atoms with Crippen LogP contribution in [-0.4, -0.2) is 0 Å². The molecule has 0 heterocycles. The fourth-order valence-corrected chi connectivity index (χ4v) is 3.83. The lowest BCUT2D eigenvalue weighted by molar-refractivity contribution is 1.09. The van der Waals surface area contributed by atoms with Crippen molar-refractivity contribution < 1.29 is 0 Å². The zero-order chi connectivity index (χ0) is 14.2. The Morgan fingerprint density at radius 2 is 1.43 bits per heavy atom. The van der Waals surface area contributed by atoms with Crippen molar-refractivity contribution in [3.8, 4) is 0 Å². The van der Waals surface area contributed by atoms with E-state index in [9.17, 15) is 0 Å². The quantitative estimate of drug-likeness (QED) is 0.663. The molecule has 0 spiro atoms. The molecule has 2 aromatic carbocycles. The lowest BCUT2D eigenvalue weighted by atomic mass is 9.97. The number of halogens is 1. The van der Waals surface area contributed by atoms with Crippen LogP contribution in [0.3, 0.4) is 0 Å². The first kappa shape index (κ1) is 13.1. The monoisotopic (exact) mass is 336 g/mol. The predicted molar refractivity (Wildman–Crippen MR) is 93.2 cm³/mol. The van der Waals surface area contributed by atoms with Gasteiger partial charge in [0.1, 0.15) is 0 Å². The van der Waals surface area contributed by atoms with Crippen LogP contribution in [-0.2, 0) is 12.8 Å². The van der Waals surface area contributed by atoms with Crippen molar-refractivity contribution in [1.82, 2.24) is 0 Å². The molecule has 0 amide bonds. The molecule has 21 heavy (non-hydrogen) atoms. The Labute approximate surface area is 134 Å². The molecule has 4 rings (SSSR count). The lowest BCUT2D eigenvalue weighted by Gasteiger charge is -2.09. The second kappa shape index (κ2) is 5.31. The molecule has 2 aliphatic rings. The minimum absolute atomic E-state index is 1.09. The maximum absolute atomic E-state index is 3.59. The summed E-state index contributed by atoms with van der Waals surface area (Å²) in [5.41, 5.74) is 8.89. The van der Waals surface area contributed by atoms with E-state index in [0.29, 0.717) is 0 Å². The molecule has 2 aliphatic carbocycles. The molecule has 0 radical (unpaired) electrons. The van der Waals surface area contributed by atoms with E-state index in [-0.39, 0.29) is 0 Å². The van der Waals surface area contributed by atoms with Gasteiger partial charge in [0.15, 0.2) is 0 Å². The highest BCUT2D eigenvalue weighted by molar-refractivity contribution is 9.10. The summed E-state index contributed by atoms with van der Waals surface area (Å²) in [7, 11) is 0. The number of fused-ring (bicyclic) bond motifs is 2. The van der Waals surface area contributed by atoms with Crippen molar-refractivity contribution >= 4 is 27.1 Å². The minimum atomic E-state index is 1.09. The van der Waals surface area contributed by atoms with Crippen LogP contribution in [0.25, 0.3) is 11.1 Å². The molecule has 0 atom stereocenters. The molecule has 0 aromatic heterocycles. The van der Waals surface area contributed by atoms with Crippen LogP contribution in [0.15, 0.2) is 59.1 Å². The van der Waals surface area contributed by atoms with Gasteiger partial charge in [-0.3, -0.25) is 0 Å². The fourth-order valence-electron chi connectivity index (χ4n) is 3.47. The van der Waals surface area contributed by atoms with E-state index >= 15 is 0 Å². The molecule has 0 saturated carbocycles. The Balaban J connectivity index is 1.52. The van der Waals surface area contributed by atoms with E-state index in [1.54, 1.807) is 0 Å². The molecule has 0 unspecified atom stereocenters. The third-order valence-corrected chi connectivity index (χ3v) is 5.07. The van der Waals surface area contributed by atoms with Gasteiger partial charge in [-0.1, -0.05) is 58.4 Å². The Morgan fingerprint density at radius 3 is 2.24 bits per heavy atom. The molecule has 0 bridgehead atoms. The Hall–Kier alpha value is -1.60. The maximum atomic E-state index is 3.59. The smallest absolute Gasteiger partial charge is 0.0181 e. The number of allylic oxidation sites excluding steroid dienone is 4.